The first-order chi connectivity index (χ1) is 6.93. The maximum Gasteiger partial charge on any atom is 0.0156 e. The number of nitrogens with zero attached hydrogens (tertiary/aromatic N) is 2. The Morgan fingerprint density at radius 1 is 1.27 bits per heavy atom. The molecule has 0 saturated carbocycles. The second-order valence-electron chi connectivity index (χ2n) is 5.80. The number of hydrogen-bond acceptors (Lipinski definition) is 2. The summed E-state index contributed by atoms with van der Waals surface area (Å²) in [6, 6.07) is 1.45. The van der Waals surface area contributed by atoms with Crippen molar-refractivity contribution >= 4 is 0 Å². The Morgan fingerprint density at radius 3 is 2.33 bits per heavy atom. The van der Waals surface area contributed by atoms with Crippen LogP contribution in [-0.4, -0.2) is 49.1 Å². The minimum absolute atomic E-state index is 0.670. The lowest BCUT2D eigenvalue weighted by atomic mass is 9.90. The number of hydrogen-bond donors (Lipinski definition) is 0. The molecule has 1 heterocycles. The van der Waals surface area contributed by atoms with E-state index in [1.54, 1.807) is 0 Å². The molecular formula is C13H28N2. The van der Waals surface area contributed by atoms with Crippen LogP contribution in [0.2, 0.25) is 0 Å². The van der Waals surface area contributed by atoms with E-state index in [-0.39, 0.29) is 0 Å². The van der Waals surface area contributed by atoms with Crippen molar-refractivity contribution in [1.29, 1.82) is 0 Å². The van der Waals surface area contributed by atoms with Crippen molar-refractivity contribution in [3.8, 4) is 0 Å². The molecule has 0 N–H and O–H groups in total. The van der Waals surface area contributed by atoms with Gasteiger partial charge in [-0.15, -0.1) is 0 Å². The average Bonchev–Trinajstić information content (AvgIpc) is 2.46. The molecule has 2 atom stereocenters. The standard InChI is InChI=1S/C13H28N2/c1-10(2)13-12(7-8-14(13)5)9-15(6)11(3)4/h10-13H,7-9H2,1-6H3. The average molecular weight is 212 g/mol. The van der Waals surface area contributed by atoms with Gasteiger partial charge in [0.2, 0.25) is 0 Å². The maximum absolute atomic E-state index is 2.55. The van der Waals surface area contributed by atoms with Crippen LogP contribution in [0.4, 0.5) is 0 Å². The van der Waals surface area contributed by atoms with Crippen LogP contribution < -0.4 is 0 Å². The molecule has 0 amide bonds. The highest BCUT2D eigenvalue weighted by Crippen LogP contribution is 2.29. The van der Waals surface area contributed by atoms with Gasteiger partial charge in [-0.25, -0.2) is 0 Å². The zero-order chi connectivity index (χ0) is 11.6. The van der Waals surface area contributed by atoms with Crippen LogP contribution in [0.5, 0.6) is 0 Å². The summed E-state index contributed by atoms with van der Waals surface area (Å²) in [6.07, 6.45) is 1.37. The van der Waals surface area contributed by atoms with Crippen molar-refractivity contribution in [2.45, 2.75) is 46.2 Å². The highest BCUT2D eigenvalue weighted by Gasteiger charge is 2.34. The first-order valence-corrected chi connectivity index (χ1v) is 6.34. The van der Waals surface area contributed by atoms with E-state index in [1.165, 1.54) is 19.5 Å². The largest absolute Gasteiger partial charge is 0.304 e. The molecule has 1 aliphatic rings. The van der Waals surface area contributed by atoms with Gasteiger partial charge in [-0.1, -0.05) is 13.8 Å². The van der Waals surface area contributed by atoms with Crippen LogP contribution >= 0.6 is 0 Å². The quantitative estimate of drug-likeness (QED) is 0.705. The van der Waals surface area contributed by atoms with E-state index < -0.39 is 0 Å². The third kappa shape index (κ3) is 3.18. The SMILES string of the molecule is CC(C)C1C(CN(C)C(C)C)CCN1C. The molecule has 0 radical (unpaired) electrons. The monoisotopic (exact) mass is 212 g/mol. The molecule has 2 unspecified atom stereocenters. The molecule has 0 aromatic heterocycles. The minimum Gasteiger partial charge on any atom is -0.304 e. The van der Waals surface area contributed by atoms with Gasteiger partial charge in [-0.3, -0.25) is 0 Å². The summed E-state index contributed by atoms with van der Waals surface area (Å²) in [7, 11) is 4.53. The van der Waals surface area contributed by atoms with E-state index in [0.717, 1.165) is 17.9 Å². The van der Waals surface area contributed by atoms with Gasteiger partial charge < -0.3 is 9.80 Å². The Morgan fingerprint density at radius 2 is 1.87 bits per heavy atom. The maximum atomic E-state index is 2.55. The minimum atomic E-state index is 0.670. The van der Waals surface area contributed by atoms with Crippen LogP contribution in [0, 0.1) is 11.8 Å². The number of rotatable bonds is 4. The Balaban J connectivity index is 2.54. The lowest BCUT2D eigenvalue weighted by molar-refractivity contribution is 0.161. The van der Waals surface area contributed by atoms with Gasteiger partial charge in [0.15, 0.2) is 0 Å². The predicted octanol–water partition coefficient (Wildman–Crippen LogP) is 2.30. The molecule has 0 aliphatic carbocycles. The van der Waals surface area contributed by atoms with Crippen LogP contribution in [0.1, 0.15) is 34.1 Å². The van der Waals surface area contributed by atoms with Crippen LogP contribution in [0.25, 0.3) is 0 Å². The lowest BCUT2D eigenvalue weighted by Crippen LogP contribution is -2.40. The van der Waals surface area contributed by atoms with Crippen LogP contribution in [0.3, 0.4) is 0 Å². The highest BCUT2D eigenvalue weighted by atomic mass is 15.2. The third-order valence-electron chi connectivity index (χ3n) is 3.93. The summed E-state index contributed by atoms with van der Waals surface area (Å²) < 4.78 is 0. The predicted molar refractivity (Wildman–Crippen MR) is 67.1 cm³/mol. The van der Waals surface area contributed by atoms with Gasteiger partial charge in [0.25, 0.3) is 0 Å². The summed E-state index contributed by atoms with van der Waals surface area (Å²) >= 11 is 0. The van der Waals surface area contributed by atoms with Gasteiger partial charge in [-0.2, -0.15) is 0 Å². The van der Waals surface area contributed by atoms with Gasteiger partial charge in [-0.05, 0) is 52.7 Å². The first-order valence-electron chi connectivity index (χ1n) is 6.34. The first kappa shape index (κ1) is 13.0. The normalized spacial score (nSPS) is 28.6. The molecule has 1 aliphatic heterocycles. The highest BCUT2D eigenvalue weighted by molar-refractivity contribution is 4.88. The van der Waals surface area contributed by atoms with E-state index >= 15 is 0 Å². The Kier molecular flexibility index (Phi) is 4.60. The zero-order valence-corrected chi connectivity index (χ0v) is 11.3. The molecule has 0 bridgehead atoms. The van der Waals surface area contributed by atoms with Crippen molar-refractivity contribution in [2.75, 3.05) is 27.2 Å². The fraction of sp³-hybridized carbons (Fsp3) is 1.00. The van der Waals surface area contributed by atoms with E-state index in [4.69, 9.17) is 0 Å². The molecule has 1 rings (SSSR count). The zero-order valence-electron chi connectivity index (χ0n) is 11.3. The smallest absolute Gasteiger partial charge is 0.0156 e. The Labute approximate surface area is 95.6 Å². The molecule has 0 spiro atoms. The summed E-state index contributed by atoms with van der Waals surface area (Å²) in [4.78, 5) is 5.03. The van der Waals surface area contributed by atoms with Crippen molar-refractivity contribution in [3.05, 3.63) is 0 Å². The summed E-state index contributed by atoms with van der Waals surface area (Å²) in [5, 5.41) is 0. The summed E-state index contributed by atoms with van der Waals surface area (Å²) in [5.41, 5.74) is 0. The van der Waals surface area contributed by atoms with E-state index in [9.17, 15) is 0 Å². The second-order valence-corrected chi connectivity index (χ2v) is 5.80. The molecular weight excluding hydrogens is 184 g/mol. The van der Waals surface area contributed by atoms with E-state index in [2.05, 4.69) is 51.6 Å². The van der Waals surface area contributed by atoms with Crippen molar-refractivity contribution in [2.24, 2.45) is 11.8 Å². The van der Waals surface area contributed by atoms with Crippen molar-refractivity contribution in [1.82, 2.24) is 9.80 Å². The Hall–Kier alpha value is -0.0800. The van der Waals surface area contributed by atoms with Crippen molar-refractivity contribution < 1.29 is 0 Å². The molecule has 1 saturated heterocycles. The summed E-state index contributed by atoms with van der Waals surface area (Å²) in [5.74, 6) is 1.64. The number of likely N-dealkylation sites (tertiary alicyclic amines) is 1. The van der Waals surface area contributed by atoms with Gasteiger partial charge in [0.1, 0.15) is 0 Å². The molecule has 0 aromatic rings. The fourth-order valence-electron chi connectivity index (χ4n) is 2.88. The molecule has 15 heavy (non-hydrogen) atoms. The van der Waals surface area contributed by atoms with E-state index in [1.807, 2.05) is 0 Å². The van der Waals surface area contributed by atoms with Crippen molar-refractivity contribution in [3.63, 3.8) is 0 Å². The van der Waals surface area contributed by atoms with Crippen LogP contribution in [-0.2, 0) is 0 Å². The topological polar surface area (TPSA) is 6.48 Å². The molecule has 2 nitrogen and oxygen atoms in total. The van der Waals surface area contributed by atoms with Gasteiger partial charge >= 0.3 is 0 Å². The van der Waals surface area contributed by atoms with Gasteiger partial charge in [0.05, 0.1) is 0 Å². The molecule has 2 heteroatoms. The Bertz CT molecular complexity index is 189. The summed E-state index contributed by atoms with van der Waals surface area (Å²) in [6.45, 7) is 11.8. The molecule has 0 aromatic carbocycles. The second kappa shape index (κ2) is 5.31. The molecule has 1 fully saturated rings. The van der Waals surface area contributed by atoms with Gasteiger partial charge in [0, 0.05) is 18.6 Å². The molecule has 90 valence electrons. The lowest BCUT2D eigenvalue weighted by Gasteiger charge is -2.32. The third-order valence-corrected chi connectivity index (χ3v) is 3.93. The van der Waals surface area contributed by atoms with E-state index in [0.29, 0.717) is 6.04 Å². The van der Waals surface area contributed by atoms with Crippen LogP contribution in [0.15, 0.2) is 0 Å². The fourth-order valence-corrected chi connectivity index (χ4v) is 2.88.